The van der Waals surface area contributed by atoms with Crippen molar-refractivity contribution in [2.75, 3.05) is 18.8 Å². The Bertz CT molecular complexity index is 540. The lowest BCUT2D eigenvalue weighted by molar-refractivity contribution is 0.417. The summed E-state index contributed by atoms with van der Waals surface area (Å²) in [6.07, 6.45) is 2.82. The second-order valence-electron chi connectivity index (χ2n) is 5.10. The van der Waals surface area contributed by atoms with Gasteiger partial charge in [-0.1, -0.05) is 24.6 Å². The normalized spacial score (nSPS) is 22.1. The summed E-state index contributed by atoms with van der Waals surface area (Å²) in [7, 11) is -3.59. The van der Waals surface area contributed by atoms with Crippen LogP contribution in [-0.4, -0.2) is 25.8 Å². The van der Waals surface area contributed by atoms with E-state index < -0.39 is 10.0 Å². The highest BCUT2D eigenvalue weighted by molar-refractivity contribution is 7.89. The molecule has 1 fully saturated rings. The minimum Gasteiger partial charge on any atom is -0.398 e. The van der Waals surface area contributed by atoms with Crippen molar-refractivity contribution in [2.45, 2.75) is 31.1 Å². The van der Waals surface area contributed by atoms with Crippen molar-refractivity contribution in [1.29, 1.82) is 0 Å². The summed E-state index contributed by atoms with van der Waals surface area (Å²) in [5.74, 6) is 0.559. The van der Waals surface area contributed by atoms with E-state index >= 15 is 0 Å². The molecule has 1 heterocycles. The molecule has 1 unspecified atom stereocenters. The van der Waals surface area contributed by atoms with E-state index in [0.29, 0.717) is 19.0 Å². The summed E-state index contributed by atoms with van der Waals surface area (Å²) in [6, 6.07) is 4.78. The van der Waals surface area contributed by atoms with Gasteiger partial charge in [-0.2, -0.15) is 4.31 Å². The molecule has 1 aliphatic heterocycles. The lowest BCUT2D eigenvalue weighted by atomic mass is 10.0. The fourth-order valence-corrected chi connectivity index (χ4v) is 4.53. The third-order valence-corrected chi connectivity index (χ3v) is 6.01. The Balaban J connectivity index is 2.37. The number of sulfonamides is 1. The first-order chi connectivity index (χ1) is 8.93. The maximum absolute atomic E-state index is 12.6. The number of anilines is 1. The molecule has 1 aliphatic rings. The maximum atomic E-state index is 12.6. The topological polar surface area (TPSA) is 63.4 Å². The Morgan fingerprint density at radius 3 is 2.74 bits per heavy atom. The summed E-state index contributed by atoms with van der Waals surface area (Å²) >= 11 is 6.02. The first-order valence-electron chi connectivity index (χ1n) is 6.47. The Morgan fingerprint density at radius 2 is 2.05 bits per heavy atom. The zero-order chi connectivity index (χ0) is 14.0. The quantitative estimate of drug-likeness (QED) is 0.854. The van der Waals surface area contributed by atoms with Gasteiger partial charge in [0, 0.05) is 13.1 Å². The molecule has 0 amide bonds. The van der Waals surface area contributed by atoms with Crippen molar-refractivity contribution in [2.24, 2.45) is 5.92 Å². The third-order valence-electron chi connectivity index (χ3n) is 3.57. The average molecular weight is 303 g/mol. The van der Waals surface area contributed by atoms with E-state index in [1.165, 1.54) is 4.31 Å². The number of nitrogen functional groups attached to an aromatic ring is 1. The summed E-state index contributed by atoms with van der Waals surface area (Å²) in [6.45, 7) is 3.23. The van der Waals surface area contributed by atoms with Crippen LogP contribution in [0.1, 0.15) is 26.2 Å². The van der Waals surface area contributed by atoms with E-state index in [1.807, 2.05) is 0 Å². The highest BCUT2D eigenvalue weighted by atomic mass is 35.5. The minimum atomic E-state index is -3.59. The molecular formula is C13H19ClN2O2S. The van der Waals surface area contributed by atoms with E-state index in [2.05, 4.69) is 6.92 Å². The van der Waals surface area contributed by atoms with Crippen LogP contribution in [0, 0.1) is 5.92 Å². The fourth-order valence-electron chi connectivity index (χ4n) is 2.40. The van der Waals surface area contributed by atoms with Gasteiger partial charge in [0.15, 0.2) is 0 Å². The van der Waals surface area contributed by atoms with Crippen LogP contribution in [0.5, 0.6) is 0 Å². The van der Waals surface area contributed by atoms with Crippen molar-refractivity contribution in [1.82, 2.24) is 4.31 Å². The second-order valence-corrected chi connectivity index (χ2v) is 7.38. The zero-order valence-electron chi connectivity index (χ0n) is 11.0. The van der Waals surface area contributed by atoms with E-state index in [9.17, 15) is 8.42 Å². The fraction of sp³-hybridized carbons (Fsp3) is 0.538. The highest BCUT2D eigenvalue weighted by Gasteiger charge is 2.30. The lowest BCUT2D eigenvalue weighted by Crippen LogP contribution is -2.32. The Labute approximate surface area is 119 Å². The number of halogens is 1. The maximum Gasteiger partial charge on any atom is 0.246 e. The molecule has 0 saturated carbocycles. The van der Waals surface area contributed by atoms with E-state index in [0.717, 1.165) is 19.3 Å². The van der Waals surface area contributed by atoms with Crippen LogP contribution < -0.4 is 5.73 Å². The van der Waals surface area contributed by atoms with Gasteiger partial charge in [0.2, 0.25) is 10.0 Å². The van der Waals surface area contributed by atoms with Crippen molar-refractivity contribution in [3.8, 4) is 0 Å². The molecule has 1 aromatic carbocycles. The molecule has 0 aromatic heterocycles. The standard InChI is InChI=1S/C13H19ClN2O2S/c1-10-4-3-8-16(9-7-10)19(17,18)13-11(14)5-2-6-12(13)15/h2,5-6,10H,3-4,7-9,15H2,1H3. The van der Waals surface area contributed by atoms with Gasteiger partial charge in [-0.25, -0.2) is 8.42 Å². The summed E-state index contributed by atoms with van der Waals surface area (Å²) in [4.78, 5) is 0.0474. The van der Waals surface area contributed by atoms with Gasteiger partial charge < -0.3 is 5.73 Å². The van der Waals surface area contributed by atoms with Crippen molar-refractivity contribution >= 4 is 27.3 Å². The molecule has 106 valence electrons. The number of nitrogens with zero attached hydrogens (tertiary/aromatic N) is 1. The van der Waals surface area contributed by atoms with Crippen molar-refractivity contribution in [3.05, 3.63) is 23.2 Å². The molecule has 2 rings (SSSR count). The Hall–Kier alpha value is -0.780. The summed E-state index contributed by atoms with van der Waals surface area (Å²) in [5, 5.41) is 0.192. The van der Waals surface area contributed by atoms with Crippen LogP contribution in [-0.2, 0) is 10.0 Å². The first-order valence-corrected chi connectivity index (χ1v) is 8.29. The Morgan fingerprint density at radius 1 is 1.32 bits per heavy atom. The summed E-state index contributed by atoms with van der Waals surface area (Å²) in [5.41, 5.74) is 6.00. The van der Waals surface area contributed by atoms with Crippen LogP contribution in [0.25, 0.3) is 0 Å². The number of hydrogen-bond donors (Lipinski definition) is 1. The largest absolute Gasteiger partial charge is 0.398 e. The molecule has 2 N–H and O–H groups in total. The zero-order valence-corrected chi connectivity index (χ0v) is 12.5. The van der Waals surface area contributed by atoms with Gasteiger partial charge in [0.05, 0.1) is 10.7 Å². The molecule has 1 aromatic rings. The van der Waals surface area contributed by atoms with Crippen LogP contribution in [0.2, 0.25) is 5.02 Å². The predicted octanol–water partition coefficient (Wildman–Crippen LogP) is 2.73. The van der Waals surface area contributed by atoms with Crippen molar-refractivity contribution < 1.29 is 8.42 Å². The molecular weight excluding hydrogens is 284 g/mol. The molecule has 6 heteroatoms. The van der Waals surface area contributed by atoms with Crippen molar-refractivity contribution in [3.63, 3.8) is 0 Å². The molecule has 1 atom stereocenters. The number of rotatable bonds is 2. The molecule has 0 bridgehead atoms. The van der Waals surface area contributed by atoms with Gasteiger partial charge in [0.25, 0.3) is 0 Å². The smallest absolute Gasteiger partial charge is 0.246 e. The minimum absolute atomic E-state index is 0.0474. The van der Waals surface area contributed by atoms with Crippen LogP contribution in [0.3, 0.4) is 0 Å². The van der Waals surface area contributed by atoms with Gasteiger partial charge in [-0.15, -0.1) is 0 Å². The number of hydrogen-bond acceptors (Lipinski definition) is 3. The van der Waals surface area contributed by atoms with Gasteiger partial charge in [-0.05, 0) is 37.3 Å². The van der Waals surface area contributed by atoms with E-state index in [4.69, 9.17) is 17.3 Å². The molecule has 4 nitrogen and oxygen atoms in total. The molecule has 1 saturated heterocycles. The molecule has 0 aliphatic carbocycles. The number of nitrogens with two attached hydrogens (primary N) is 1. The molecule has 0 spiro atoms. The van der Waals surface area contributed by atoms with Crippen LogP contribution >= 0.6 is 11.6 Å². The predicted molar refractivity (Wildman–Crippen MR) is 77.6 cm³/mol. The molecule has 19 heavy (non-hydrogen) atoms. The van der Waals surface area contributed by atoms with Gasteiger partial charge >= 0.3 is 0 Å². The lowest BCUT2D eigenvalue weighted by Gasteiger charge is -2.21. The average Bonchev–Trinajstić information content (AvgIpc) is 2.53. The van der Waals surface area contributed by atoms with Crippen LogP contribution in [0.15, 0.2) is 23.1 Å². The van der Waals surface area contributed by atoms with Gasteiger partial charge in [0.1, 0.15) is 4.90 Å². The first kappa shape index (κ1) is 14.6. The second kappa shape index (κ2) is 5.69. The highest BCUT2D eigenvalue weighted by Crippen LogP contribution is 2.31. The number of benzene rings is 1. The summed E-state index contributed by atoms with van der Waals surface area (Å²) < 4.78 is 26.8. The molecule has 0 radical (unpaired) electrons. The SMILES string of the molecule is CC1CCCN(S(=O)(=O)c2c(N)cccc2Cl)CC1. The Kier molecular flexibility index (Phi) is 4.38. The van der Waals surface area contributed by atoms with E-state index in [-0.39, 0.29) is 15.6 Å². The third kappa shape index (κ3) is 3.04. The monoisotopic (exact) mass is 302 g/mol. The van der Waals surface area contributed by atoms with Gasteiger partial charge in [-0.3, -0.25) is 0 Å². The van der Waals surface area contributed by atoms with E-state index in [1.54, 1.807) is 18.2 Å². The van der Waals surface area contributed by atoms with Crippen LogP contribution in [0.4, 0.5) is 5.69 Å².